The summed E-state index contributed by atoms with van der Waals surface area (Å²) in [5.74, 6) is 0. The highest BCUT2D eigenvalue weighted by atomic mass is 32.2. The lowest BCUT2D eigenvalue weighted by molar-refractivity contribution is 0.300. The van der Waals surface area contributed by atoms with Crippen LogP contribution in [0.15, 0.2) is 35.2 Å². The molecule has 0 radical (unpaired) electrons. The third-order valence-corrected chi connectivity index (χ3v) is 4.43. The lowest BCUT2D eigenvalue weighted by atomic mass is 10.0. The molecule has 0 spiro atoms. The maximum atomic E-state index is 9.12. The first kappa shape index (κ1) is 10.9. The largest absolute Gasteiger partial charge is 0.396 e. The summed E-state index contributed by atoms with van der Waals surface area (Å²) >= 11 is 1.81. The van der Waals surface area contributed by atoms with Crippen LogP contribution in [0, 0.1) is 0 Å². The summed E-state index contributed by atoms with van der Waals surface area (Å²) in [6, 6.07) is 10.8. The predicted molar refractivity (Wildman–Crippen MR) is 73.6 cm³/mol. The molecule has 2 aromatic rings. The van der Waals surface area contributed by atoms with Crippen LogP contribution in [-0.2, 0) is 6.42 Å². The lowest BCUT2D eigenvalue weighted by Gasteiger charge is -2.14. The maximum absolute atomic E-state index is 9.12. The molecule has 0 amide bonds. The Morgan fingerprint density at radius 2 is 2.12 bits per heavy atom. The van der Waals surface area contributed by atoms with Crippen LogP contribution in [0.1, 0.15) is 12.5 Å². The number of aliphatic hydroxyl groups is 1. The van der Waals surface area contributed by atoms with Crippen molar-refractivity contribution in [3.8, 4) is 0 Å². The van der Waals surface area contributed by atoms with Crippen molar-refractivity contribution in [3.63, 3.8) is 0 Å². The van der Waals surface area contributed by atoms with Gasteiger partial charge in [0.2, 0.25) is 0 Å². The molecular formula is C14H15NOS. The zero-order chi connectivity index (χ0) is 11.8. The molecule has 2 aromatic carbocycles. The normalized spacial score (nSPS) is 13.6. The van der Waals surface area contributed by atoms with Gasteiger partial charge >= 0.3 is 0 Å². The molecule has 1 N–H and O–H groups in total. The van der Waals surface area contributed by atoms with Gasteiger partial charge in [0.1, 0.15) is 0 Å². The van der Waals surface area contributed by atoms with Crippen LogP contribution in [-0.4, -0.2) is 18.3 Å². The molecule has 0 atom stereocenters. The van der Waals surface area contributed by atoms with Crippen molar-refractivity contribution in [2.75, 3.05) is 17.5 Å². The number of benzene rings is 2. The van der Waals surface area contributed by atoms with E-state index in [1.54, 1.807) is 0 Å². The highest BCUT2D eigenvalue weighted by Crippen LogP contribution is 2.46. The smallest absolute Gasteiger partial charge is 0.0563 e. The van der Waals surface area contributed by atoms with Crippen LogP contribution in [0.4, 0.5) is 5.69 Å². The minimum atomic E-state index is 0.212. The van der Waals surface area contributed by atoms with Gasteiger partial charge in [-0.1, -0.05) is 18.2 Å². The maximum Gasteiger partial charge on any atom is 0.0563 e. The van der Waals surface area contributed by atoms with Crippen LogP contribution in [0.2, 0.25) is 0 Å². The number of rotatable bonds is 3. The second-order valence-electron chi connectivity index (χ2n) is 4.18. The lowest BCUT2D eigenvalue weighted by Crippen LogP contribution is -2.08. The molecule has 0 fully saturated rings. The van der Waals surface area contributed by atoms with Crippen LogP contribution in [0.5, 0.6) is 0 Å². The fraction of sp³-hybridized carbons (Fsp3) is 0.286. The Kier molecular flexibility index (Phi) is 2.73. The van der Waals surface area contributed by atoms with E-state index >= 15 is 0 Å². The van der Waals surface area contributed by atoms with Crippen molar-refractivity contribution in [1.29, 1.82) is 0 Å². The summed E-state index contributed by atoms with van der Waals surface area (Å²) in [6.07, 6.45) is 0.733. The highest BCUT2D eigenvalue weighted by Gasteiger charge is 2.21. The van der Waals surface area contributed by atoms with Gasteiger partial charge < -0.3 is 9.41 Å². The first-order valence-electron chi connectivity index (χ1n) is 5.96. The Balaban J connectivity index is 2.26. The van der Waals surface area contributed by atoms with Crippen LogP contribution < -0.4 is 4.31 Å². The van der Waals surface area contributed by atoms with E-state index in [1.807, 2.05) is 11.9 Å². The van der Waals surface area contributed by atoms with Crippen molar-refractivity contribution in [1.82, 2.24) is 0 Å². The molecule has 0 aromatic heterocycles. The van der Waals surface area contributed by atoms with E-state index in [9.17, 15) is 0 Å². The average molecular weight is 245 g/mol. The van der Waals surface area contributed by atoms with Crippen molar-refractivity contribution < 1.29 is 5.11 Å². The third kappa shape index (κ3) is 1.61. The molecular weight excluding hydrogens is 230 g/mol. The van der Waals surface area contributed by atoms with Gasteiger partial charge in [-0.2, -0.15) is 0 Å². The van der Waals surface area contributed by atoms with Gasteiger partial charge in [-0.25, -0.2) is 0 Å². The molecule has 88 valence electrons. The monoisotopic (exact) mass is 245 g/mol. The van der Waals surface area contributed by atoms with Gasteiger partial charge in [-0.15, -0.1) is 0 Å². The quantitative estimate of drug-likeness (QED) is 0.840. The van der Waals surface area contributed by atoms with E-state index in [4.69, 9.17) is 5.11 Å². The van der Waals surface area contributed by atoms with Crippen molar-refractivity contribution in [2.45, 2.75) is 18.2 Å². The van der Waals surface area contributed by atoms with Gasteiger partial charge in [0.05, 0.1) is 5.69 Å². The Labute approximate surface area is 105 Å². The Bertz CT molecular complexity index is 567. The van der Waals surface area contributed by atoms with Gasteiger partial charge in [-0.3, -0.25) is 0 Å². The van der Waals surface area contributed by atoms with E-state index in [1.165, 1.54) is 26.9 Å². The van der Waals surface area contributed by atoms with Gasteiger partial charge in [-0.05, 0) is 48.4 Å². The number of aliphatic hydroxyl groups excluding tert-OH is 1. The first-order chi connectivity index (χ1) is 8.35. The minimum absolute atomic E-state index is 0.212. The number of nitrogens with zero attached hydrogens (tertiary/aromatic N) is 1. The summed E-state index contributed by atoms with van der Waals surface area (Å²) in [4.78, 5) is 1.33. The molecule has 1 aliphatic heterocycles. The summed E-state index contributed by atoms with van der Waals surface area (Å²) in [7, 11) is 0. The van der Waals surface area contributed by atoms with Gasteiger partial charge in [0, 0.05) is 23.4 Å². The second kappa shape index (κ2) is 4.24. The molecule has 0 saturated heterocycles. The molecule has 0 saturated carbocycles. The topological polar surface area (TPSA) is 23.5 Å². The Morgan fingerprint density at radius 3 is 2.88 bits per heavy atom. The first-order valence-corrected chi connectivity index (χ1v) is 6.73. The summed E-state index contributed by atoms with van der Waals surface area (Å²) in [5, 5.41) is 11.8. The summed E-state index contributed by atoms with van der Waals surface area (Å²) < 4.78 is 2.32. The number of hydrogen-bond donors (Lipinski definition) is 1. The van der Waals surface area contributed by atoms with E-state index < -0.39 is 0 Å². The molecule has 0 unspecified atom stereocenters. The molecule has 0 aliphatic carbocycles. The molecule has 2 nitrogen and oxygen atoms in total. The zero-order valence-electron chi connectivity index (χ0n) is 9.81. The van der Waals surface area contributed by atoms with Crippen molar-refractivity contribution in [3.05, 3.63) is 35.9 Å². The summed E-state index contributed by atoms with van der Waals surface area (Å²) in [6.45, 7) is 3.39. The second-order valence-corrected chi connectivity index (χ2v) is 5.25. The standard InChI is InChI=1S/C14H15NOS/c1-2-15-12-5-3-4-11-10(8-9-16)6-7-13(17-15)14(11)12/h3-7,16H,2,8-9H2,1H3. The van der Waals surface area contributed by atoms with Crippen LogP contribution in [0.3, 0.4) is 0 Å². The number of hydrogen-bond acceptors (Lipinski definition) is 3. The van der Waals surface area contributed by atoms with Crippen LogP contribution in [0.25, 0.3) is 10.8 Å². The SMILES string of the molecule is CCN1Sc2ccc(CCO)c3cccc1c23. The van der Waals surface area contributed by atoms with Gasteiger partial charge in [0.25, 0.3) is 0 Å². The average Bonchev–Trinajstić information content (AvgIpc) is 2.73. The predicted octanol–water partition coefficient (Wildman–Crippen LogP) is 3.22. The highest BCUT2D eigenvalue weighted by molar-refractivity contribution is 8.01. The number of anilines is 1. The molecule has 17 heavy (non-hydrogen) atoms. The Hall–Kier alpha value is -1.19. The fourth-order valence-electron chi connectivity index (χ4n) is 2.44. The summed E-state index contributed by atoms with van der Waals surface area (Å²) in [5.41, 5.74) is 2.55. The molecule has 0 bridgehead atoms. The third-order valence-electron chi connectivity index (χ3n) is 3.22. The fourth-order valence-corrected chi connectivity index (χ4v) is 3.49. The van der Waals surface area contributed by atoms with Crippen molar-refractivity contribution >= 4 is 28.4 Å². The molecule has 3 heteroatoms. The molecule has 3 rings (SSSR count). The van der Waals surface area contributed by atoms with Crippen molar-refractivity contribution in [2.24, 2.45) is 0 Å². The Morgan fingerprint density at radius 1 is 1.24 bits per heavy atom. The minimum Gasteiger partial charge on any atom is -0.396 e. The molecule has 1 heterocycles. The van der Waals surface area contributed by atoms with E-state index in [0.29, 0.717) is 0 Å². The van der Waals surface area contributed by atoms with Gasteiger partial charge in [0.15, 0.2) is 0 Å². The van der Waals surface area contributed by atoms with E-state index in [-0.39, 0.29) is 6.61 Å². The van der Waals surface area contributed by atoms with E-state index in [2.05, 4.69) is 41.6 Å². The molecule has 1 aliphatic rings. The zero-order valence-corrected chi connectivity index (χ0v) is 10.6. The van der Waals surface area contributed by atoms with Crippen LogP contribution >= 0.6 is 11.9 Å². The van der Waals surface area contributed by atoms with E-state index in [0.717, 1.165) is 13.0 Å².